The predicted molar refractivity (Wildman–Crippen MR) is 111 cm³/mol. The summed E-state index contributed by atoms with van der Waals surface area (Å²) in [5.74, 6) is 1.38. The van der Waals surface area contributed by atoms with Crippen molar-refractivity contribution in [1.82, 2.24) is 9.97 Å². The van der Waals surface area contributed by atoms with Crippen LogP contribution in [0.3, 0.4) is 0 Å². The van der Waals surface area contributed by atoms with Crippen LogP contribution < -0.4 is 9.80 Å². The average Bonchev–Trinajstić information content (AvgIpc) is 3.06. The van der Waals surface area contributed by atoms with Gasteiger partial charge in [0.2, 0.25) is 0 Å². The smallest absolute Gasteiger partial charge is 0.348 e. The molecule has 0 aromatic carbocycles. The van der Waals surface area contributed by atoms with Gasteiger partial charge in [-0.2, -0.15) is 0 Å². The fourth-order valence-electron chi connectivity index (χ4n) is 4.00. The van der Waals surface area contributed by atoms with E-state index in [0.29, 0.717) is 11.5 Å². The predicted octanol–water partition coefficient (Wildman–Crippen LogP) is 0.553. The minimum Gasteiger partial charge on any atom is -0.462 e. The first-order valence-corrected chi connectivity index (χ1v) is 11.2. The maximum absolute atomic E-state index is 12.4. The molecule has 0 aliphatic carbocycles. The number of aromatic nitrogens is 2. The Balaban J connectivity index is 1.74. The molecule has 2 N–H and O–H groups in total. The summed E-state index contributed by atoms with van der Waals surface area (Å²) in [7, 11) is 0. The highest BCUT2D eigenvalue weighted by Crippen LogP contribution is 2.36. The van der Waals surface area contributed by atoms with Crippen molar-refractivity contribution in [2.45, 2.75) is 39.3 Å². The van der Waals surface area contributed by atoms with Gasteiger partial charge in [-0.05, 0) is 32.3 Å². The van der Waals surface area contributed by atoms with Gasteiger partial charge < -0.3 is 24.4 Å². The lowest BCUT2D eigenvalue weighted by Gasteiger charge is -2.31. The molecule has 8 nitrogen and oxygen atoms in total. The van der Waals surface area contributed by atoms with Crippen LogP contribution in [-0.4, -0.2) is 73.1 Å². The summed E-state index contributed by atoms with van der Waals surface area (Å²) in [6, 6.07) is 0. The third-order valence-corrected chi connectivity index (χ3v) is 6.82. The number of morpholine rings is 1. The molecular formula is C20H29N4O4S+. The monoisotopic (exact) mass is 421 g/mol. The van der Waals surface area contributed by atoms with E-state index < -0.39 is 0 Å². The van der Waals surface area contributed by atoms with Gasteiger partial charge >= 0.3 is 5.97 Å². The summed E-state index contributed by atoms with van der Waals surface area (Å²) < 4.78 is 10.7. The number of carbonyl (C=O) groups excluding carboxylic acids is 1. The fourth-order valence-corrected chi connectivity index (χ4v) is 5.09. The molecule has 2 aromatic heterocycles. The zero-order chi connectivity index (χ0) is 20.4. The number of esters is 1. The van der Waals surface area contributed by atoms with E-state index >= 15 is 0 Å². The van der Waals surface area contributed by atoms with Gasteiger partial charge in [0.1, 0.15) is 35.2 Å². The van der Waals surface area contributed by atoms with Crippen LogP contribution in [0.15, 0.2) is 0 Å². The lowest BCUT2D eigenvalue weighted by atomic mass is 10.1. The first-order valence-electron chi connectivity index (χ1n) is 10.4. The number of thiophene rings is 1. The van der Waals surface area contributed by atoms with Crippen LogP contribution in [0.4, 0.5) is 5.82 Å². The van der Waals surface area contributed by atoms with Crippen LogP contribution >= 0.6 is 11.3 Å². The van der Waals surface area contributed by atoms with E-state index in [0.717, 1.165) is 86.2 Å². The molecule has 0 amide bonds. The van der Waals surface area contributed by atoms with Crippen LogP contribution in [0.1, 0.15) is 40.8 Å². The molecule has 2 saturated heterocycles. The topological polar surface area (TPSA) is 89.2 Å². The van der Waals surface area contributed by atoms with Gasteiger partial charge in [-0.15, -0.1) is 11.3 Å². The largest absolute Gasteiger partial charge is 0.462 e. The first-order chi connectivity index (χ1) is 14.1. The van der Waals surface area contributed by atoms with Crippen LogP contribution in [-0.2, 0) is 16.0 Å². The number of piperidine rings is 1. The Morgan fingerprint density at radius 2 is 2.03 bits per heavy atom. The van der Waals surface area contributed by atoms with Crippen molar-refractivity contribution in [3.63, 3.8) is 0 Å². The van der Waals surface area contributed by atoms with E-state index in [1.165, 1.54) is 16.2 Å². The van der Waals surface area contributed by atoms with Crippen molar-refractivity contribution in [2.75, 3.05) is 50.9 Å². The van der Waals surface area contributed by atoms with Gasteiger partial charge in [-0.25, -0.2) is 14.8 Å². The normalized spacial score (nSPS) is 19.1. The van der Waals surface area contributed by atoms with Crippen molar-refractivity contribution in [3.05, 3.63) is 16.3 Å². The van der Waals surface area contributed by atoms with Gasteiger partial charge in [-0.3, -0.25) is 0 Å². The van der Waals surface area contributed by atoms with Crippen LogP contribution in [0.5, 0.6) is 0 Å². The molecule has 0 saturated carbocycles. The van der Waals surface area contributed by atoms with Gasteiger partial charge in [0.05, 0.1) is 31.3 Å². The average molecular weight is 422 g/mol. The van der Waals surface area contributed by atoms with Crippen LogP contribution in [0, 0.1) is 6.92 Å². The maximum atomic E-state index is 12.4. The Morgan fingerprint density at radius 1 is 1.31 bits per heavy atom. The van der Waals surface area contributed by atoms with Crippen molar-refractivity contribution < 1.29 is 24.3 Å². The zero-order valence-electron chi connectivity index (χ0n) is 17.1. The van der Waals surface area contributed by atoms with Crippen molar-refractivity contribution >= 4 is 33.3 Å². The van der Waals surface area contributed by atoms with E-state index in [2.05, 4.69) is 4.90 Å². The highest BCUT2D eigenvalue weighted by molar-refractivity contribution is 7.20. The van der Waals surface area contributed by atoms with E-state index in [4.69, 9.17) is 19.4 Å². The molecule has 0 unspecified atom stereocenters. The number of hydrogen-bond donors (Lipinski definition) is 2. The molecule has 0 radical (unpaired) electrons. The van der Waals surface area contributed by atoms with Crippen LogP contribution in [0.2, 0.25) is 0 Å². The molecule has 0 spiro atoms. The minimum absolute atomic E-state index is 0.250. The first kappa shape index (κ1) is 20.5. The Morgan fingerprint density at radius 3 is 2.72 bits per heavy atom. The molecule has 158 valence electrons. The lowest BCUT2D eigenvalue weighted by Crippen LogP contribution is -3.12. The summed E-state index contributed by atoms with van der Waals surface area (Å²) in [4.78, 5) is 27.3. The van der Waals surface area contributed by atoms with E-state index in [1.54, 1.807) is 0 Å². The number of quaternary nitrogens is 1. The third-order valence-electron chi connectivity index (χ3n) is 5.65. The number of ether oxygens (including phenoxy) is 2. The van der Waals surface area contributed by atoms with E-state index in [-0.39, 0.29) is 12.1 Å². The highest BCUT2D eigenvalue weighted by Gasteiger charge is 2.27. The number of nitrogens with one attached hydrogen (secondary N) is 1. The van der Waals surface area contributed by atoms with Crippen molar-refractivity contribution in [3.8, 4) is 0 Å². The van der Waals surface area contributed by atoms with Gasteiger partial charge in [-0.1, -0.05) is 0 Å². The summed E-state index contributed by atoms with van der Waals surface area (Å²) in [6.45, 7) is 9.78. The van der Waals surface area contributed by atoms with Gasteiger partial charge in [0, 0.05) is 13.1 Å². The van der Waals surface area contributed by atoms with Gasteiger partial charge in [0.15, 0.2) is 5.82 Å². The maximum Gasteiger partial charge on any atom is 0.348 e. The number of carbonyl (C=O) groups is 1. The molecule has 2 aromatic rings. The minimum atomic E-state index is -0.298. The second-order valence-electron chi connectivity index (χ2n) is 7.68. The summed E-state index contributed by atoms with van der Waals surface area (Å²) in [6.07, 6.45) is 1.20. The fraction of sp³-hybridized carbons (Fsp3) is 0.650. The standard InChI is InChI=1S/C20H28N4O4S/c1-3-28-20(26)17-13(2)16-18(24-6-4-14(25)5-7-24)21-15(22-19(16)29-17)12-23-8-10-27-11-9-23/h14,25H,3-12H2,1-2H3/p+1. The number of aliphatic hydroxyl groups is 1. The Labute approximate surface area is 174 Å². The molecule has 4 rings (SSSR count). The number of anilines is 1. The SMILES string of the molecule is CCOC(=O)c1sc2nc(C[NH+]3CCOCC3)nc(N3CCC(O)CC3)c2c1C. The molecule has 2 aliphatic rings. The summed E-state index contributed by atoms with van der Waals surface area (Å²) in [5, 5.41) is 10.9. The summed E-state index contributed by atoms with van der Waals surface area (Å²) in [5.41, 5.74) is 0.884. The van der Waals surface area contributed by atoms with E-state index in [1.807, 2.05) is 13.8 Å². The molecule has 2 fully saturated rings. The quantitative estimate of drug-likeness (QED) is 0.682. The third kappa shape index (κ3) is 4.37. The number of nitrogens with zero attached hydrogens (tertiary/aromatic N) is 3. The molecule has 0 atom stereocenters. The van der Waals surface area contributed by atoms with Crippen molar-refractivity contribution in [2.24, 2.45) is 0 Å². The molecule has 2 aliphatic heterocycles. The van der Waals surface area contributed by atoms with E-state index in [9.17, 15) is 9.90 Å². The number of hydrogen-bond acceptors (Lipinski definition) is 8. The highest BCUT2D eigenvalue weighted by atomic mass is 32.1. The van der Waals surface area contributed by atoms with Crippen molar-refractivity contribution in [1.29, 1.82) is 0 Å². The van der Waals surface area contributed by atoms with Gasteiger partial charge in [0.25, 0.3) is 0 Å². The second kappa shape index (κ2) is 8.91. The molecule has 0 bridgehead atoms. The molecular weight excluding hydrogens is 392 g/mol. The summed E-state index contributed by atoms with van der Waals surface area (Å²) >= 11 is 1.39. The molecule has 4 heterocycles. The molecule has 29 heavy (non-hydrogen) atoms. The molecule has 9 heteroatoms. The Bertz CT molecular complexity index is 873. The number of aliphatic hydroxyl groups excluding tert-OH is 1. The lowest BCUT2D eigenvalue weighted by molar-refractivity contribution is -0.922. The Hall–Kier alpha value is -1.81. The second-order valence-corrected chi connectivity index (χ2v) is 8.68. The Kier molecular flexibility index (Phi) is 6.29. The number of rotatable bonds is 5. The number of fused-ring (bicyclic) bond motifs is 1. The zero-order valence-corrected chi connectivity index (χ0v) is 17.9. The number of aryl methyl sites for hydroxylation is 1. The van der Waals surface area contributed by atoms with Crippen LogP contribution in [0.25, 0.3) is 10.2 Å².